The number of aromatic nitrogens is 1. The number of rotatable bonds is 26. The monoisotopic (exact) mass is 562 g/mol. The number of benzene rings is 1. The van der Waals surface area contributed by atoms with Crippen LogP contribution < -0.4 is 9.47 Å². The molecule has 2 nitrogen and oxygen atoms in total. The van der Waals surface area contributed by atoms with Gasteiger partial charge in [0.2, 0.25) is 0 Å². The van der Waals surface area contributed by atoms with Gasteiger partial charge < -0.3 is 4.90 Å². The van der Waals surface area contributed by atoms with Crippen LogP contribution in [0.1, 0.15) is 160 Å². The summed E-state index contributed by atoms with van der Waals surface area (Å²) in [7, 11) is 0. The Morgan fingerprint density at radius 2 is 0.854 bits per heavy atom. The van der Waals surface area contributed by atoms with Crippen molar-refractivity contribution in [2.45, 2.75) is 156 Å². The van der Waals surface area contributed by atoms with E-state index in [9.17, 15) is 0 Å². The average molecular weight is 562 g/mol. The second-order valence-electron chi connectivity index (χ2n) is 12.3. The lowest BCUT2D eigenvalue weighted by Crippen LogP contribution is -2.32. The SMILES string of the molecule is CCCCCCCCCCCCCCCCCC[n+]1ccc(/C=C/c2ccc(N(CCCC)CCCC)cc2)cc1. The average Bonchev–Trinajstić information content (AvgIpc) is 3.01. The molecule has 0 aliphatic rings. The molecule has 2 heteroatoms. The van der Waals surface area contributed by atoms with Crippen LogP contribution in [0.3, 0.4) is 0 Å². The molecule has 0 bridgehead atoms. The highest BCUT2D eigenvalue weighted by Gasteiger charge is 2.05. The zero-order valence-corrected chi connectivity index (χ0v) is 27.4. The zero-order chi connectivity index (χ0) is 29.2. The van der Waals surface area contributed by atoms with E-state index >= 15 is 0 Å². The van der Waals surface area contributed by atoms with Gasteiger partial charge in [-0.2, -0.15) is 0 Å². The minimum Gasteiger partial charge on any atom is -0.372 e. The van der Waals surface area contributed by atoms with E-state index in [4.69, 9.17) is 0 Å². The first-order valence-electron chi connectivity index (χ1n) is 17.8. The summed E-state index contributed by atoms with van der Waals surface area (Å²) < 4.78 is 2.34. The second-order valence-corrected chi connectivity index (χ2v) is 12.3. The van der Waals surface area contributed by atoms with Crippen LogP contribution in [0, 0.1) is 0 Å². The van der Waals surface area contributed by atoms with Gasteiger partial charge in [-0.05, 0) is 42.5 Å². The number of nitrogens with zero attached hydrogens (tertiary/aromatic N) is 2. The minimum atomic E-state index is 1.14. The first kappa shape index (κ1) is 35.1. The normalized spacial score (nSPS) is 11.5. The molecule has 1 aromatic heterocycles. The van der Waals surface area contributed by atoms with E-state index in [1.54, 1.807) is 0 Å². The third-order valence-corrected chi connectivity index (χ3v) is 8.48. The van der Waals surface area contributed by atoms with Gasteiger partial charge in [-0.3, -0.25) is 0 Å². The molecule has 0 unspecified atom stereocenters. The van der Waals surface area contributed by atoms with Crippen LogP contribution in [0.25, 0.3) is 12.2 Å². The van der Waals surface area contributed by atoms with Gasteiger partial charge in [0.15, 0.2) is 12.4 Å². The molecule has 0 fully saturated rings. The molecule has 2 aromatic rings. The summed E-state index contributed by atoms with van der Waals surface area (Å²) >= 11 is 0. The number of hydrogen-bond acceptors (Lipinski definition) is 1. The summed E-state index contributed by atoms with van der Waals surface area (Å²) in [6.07, 6.45) is 36.8. The molecule has 1 heterocycles. The number of anilines is 1. The van der Waals surface area contributed by atoms with Gasteiger partial charge >= 0.3 is 0 Å². The summed E-state index contributed by atoms with van der Waals surface area (Å²) in [5.74, 6) is 0. The predicted molar refractivity (Wildman–Crippen MR) is 184 cm³/mol. The molecule has 41 heavy (non-hydrogen) atoms. The number of unbranched alkanes of at least 4 members (excludes halogenated alkanes) is 17. The fourth-order valence-corrected chi connectivity index (χ4v) is 5.63. The zero-order valence-electron chi connectivity index (χ0n) is 27.4. The maximum absolute atomic E-state index is 2.55. The number of aryl methyl sites for hydroxylation is 1. The van der Waals surface area contributed by atoms with Gasteiger partial charge in [-0.15, -0.1) is 0 Å². The molecule has 0 saturated heterocycles. The van der Waals surface area contributed by atoms with Crippen molar-refractivity contribution in [2.24, 2.45) is 0 Å². The number of hydrogen-bond donors (Lipinski definition) is 0. The molecular weight excluding hydrogens is 496 g/mol. The lowest BCUT2D eigenvalue weighted by atomic mass is 10.0. The molecule has 0 atom stereocenters. The van der Waals surface area contributed by atoms with Crippen molar-refractivity contribution in [1.82, 2.24) is 0 Å². The molecule has 0 aliphatic heterocycles. The predicted octanol–water partition coefficient (Wildman–Crippen LogP) is 11.8. The van der Waals surface area contributed by atoms with Crippen molar-refractivity contribution in [1.29, 1.82) is 0 Å². The van der Waals surface area contributed by atoms with E-state index in [1.807, 2.05) is 0 Å². The largest absolute Gasteiger partial charge is 0.372 e. The van der Waals surface area contributed by atoms with Gasteiger partial charge in [-0.1, -0.05) is 148 Å². The van der Waals surface area contributed by atoms with Crippen LogP contribution in [0.4, 0.5) is 5.69 Å². The maximum Gasteiger partial charge on any atom is 0.169 e. The highest BCUT2D eigenvalue weighted by Crippen LogP contribution is 2.19. The van der Waals surface area contributed by atoms with Gasteiger partial charge in [0.25, 0.3) is 0 Å². The van der Waals surface area contributed by atoms with Crippen LogP contribution in [0.2, 0.25) is 0 Å². The molecule has 1 aromatic carbocycles. The summed E-state index contributed by atoms with van der Waals surface area (Å²) in [5, 5.41) is 0. The molecular formula is C39H65N2+. The third-order valence-electron chi connectivity index (χ3n) is 8.48. The highest BCUT2D eigenvalue weighted by atomic mass is 15.1. The Kier molecular flexibility index (Phi) is 21.0. The summed E-state index contributed by atoms with van der Waals surface area (Å²) in [6.45, 7) is 10.3. The van der Waals surface area contributed by atoms with Crippen LogP contribution in [0.15, 0.2) is 48.8 Å². The Morgan fingerprint density at radius 3 is 1.29 bits per heavy atom. The van der Waals surface area contributed by atoms with E-state index < -0.39 is 0 Å². The molecule has 230 valence electrons. The molecule has 0 aliphatic carbocycles. The Hall–Kier alpha value is -2.09. The maximum atomic E-state index is 2.55. The van der Waals surface area contributed by atoms with Crippen molar-refractivity contribution in [3.63, 3.8) is 0 Å². The van der Waals surface area contributed by atoms with Crippen molar-refractivity contribution in [3.05, 3.63) is 59.9 Å². The van der Waals surface area contributed by atoms with E-state index in [2.05, 4.69) is 91.2 Å². The van der Waals surface area contributed by atoms with Crippen LogP contribution in [-0.2, 0) is 6.54 Å². The number of pyridine rings is 1. The Labute approximate surface area is 255 Å². The standard InChI is InChI=1S/C39H65N2/c1-4-7-10-11-12-13-14-15-16-17-18-19-20-21-22-23-32-40-35-30-38(31-36-40)25-24-37-26-28-39(29-27-37)41(33-8-5-2)34-9-6-3/h24-31,35-36H,4-23,32-34H2,1-3H3/q+1. The van der Waals surface area contributed by atoms with Crippen LogP contribution >= 0.6 is 0 Å². The smallest absolute Gasteiger partial charge is 0.169 e. The van der Waals surface area contributed by atoms with E-state index in [1.165, 1.54) is 145 Å². The Bertz CT molecular complexity index is 859. The quantitative estimate of drug-likeness (QED) is 0.0818. The third kappa shape index (κ3) is 17.5. The second kappa shape index (κ2) is 24.5. The van der Waals surface area contributed by atoms with Crippen molar-refractivity contribution >= 4 is 17.8 Å². The van der Waals surface area contributed by atoms with Gasteiger partial charge in [0.05, 0.1) is 0 Å². The Morgan fingerprint density at radius 1 is 0.463 bits per heavy atom. The Balaban J connectivity index is 1.54. The minimum absolute atomic E-state index is 1.14. The first-order chi connectivity index (χ1) is 20.3. The summed E-state index contributed by atoms with van der Waals surface area (Å²) in [6, 6.07) is 13.6. The highest BCUT2D eigenvalue weighted by molar-refractivity contribution is 5.70. The van der Waals surface area contributed by atoms with Crippen molar-refractivity contribution in [2.75, 3.05) is 18.0 Å². The van der Waals surface area contributed by atoms with Gasteiger partial charge in [0.1, 0.15) is 6.54 Å². The molecule has 0 saturated carbocycles. The van der Waals surface area contributed by atoms with Gasteiger partial charge in [0, 0.05) is 37.3 Å². The molecule has 0 N–H and O–H groups in total. The van der Waals surface area contributed by atoms with E-state index in [0.717, 1.165) is 19.6 Å². The first-order valence-corrected chi connectivity index (χ1v) is 17.8. The lowest BCUT2D eigenvalue weighted by Gasteiger charge is -2.24. The molecule has 0 radical (unpaired) electrons. The van der Waals surface area contributed by atoms with Crippen molar-refractivity contribution < 1.29 is 4.57 Å². The molecule has 0 amide bonds. The van der Waals surface area contributed by atoms with Crippen LogP contribution in [0.5, 0.6) is 0 Å². The molecule has 0 spiro atoms. The van der Waals surface area contributed by atoms with E-state index in [0.29, 0.717) is 0 Å². The molecule has 2 rings (SSSR count). The summed E-state index contributed by atoms with van der Waals surface area (Å²) in [4.78, 5) is 2.55. The fourth-order valence-electron chi connectivity index (χ4n) is 5.63. The lowest BCUT2D eigenvalue weighted by molar-refractivity contribution is -0.697. The van der Waals surface area contributed by atoms with Gasteiger partial charge in [-0.25, -0.2) is 4.57 Å². The topological polar surface area (TPSA) is 7.12 Å². The van der Waals surface area contributed by atoms with Crippen LogP contribution in [-0.4, -0.2) is 13.1 Å². The summed E-state index contributed by atoms with van der Waals surface area (Å²) in [5.41, 5.74) is 3.90. The van der Waals surface area contributed by atoms with Crippen molar-refractivity contribution in [3.8, 4) is 0 Å². The fraction of sp³-hybridized carbons (Fsp3) is 0.667. The van der Waals surface area contributed by atoms with E-state index in [-0.39, 0.29) is 0 Å².